The molecule has 0 bridgehead atoms. The lowest BCUT2D eigenvalue weighted by Gasteiger charge is -2.05. The van der Waals surface area contributed by atoms with Crippen molar-refractivity contribution in [2.75, 3.05) is 5.75 Å². The molecule has 0 saturated carbocycles. The molecule has 0 rings (SSSR count). The second-order valence-corrected chi connectivity index (χ2v) is 7.94. The minimum atomic E-state index is -0.745. The Morgan fingerprint density at radius 1 is 0.760 bits per heavy atom. The van der Waals surface area contributed by atoms with Crippen LogP contribution in [0.25, 0.3) is 0 Å². The molecule has 0 saturated heterocycles. The van der Waals surface area contributed by atoms with Crippen molar-refractivity contribution >= 4 is 23.7 Å². The fourth-order valence-electron chi connectivity index (χ4n) is 2.27. The zero-order chi connectivity index (χ0) is 19.3. The van der Waals surface area contributed by atoms with E-state index in [4.69, 9.17) is 10.2 Å². The highest BCUT2D eigenvalue weighted by molar-refractivity contribution is 8.00. The molecule has 0 radical (unpaired) electrons. The summed E-state index contributed by atoms with van der Waals surface area (Å²) in [6.07, 6.45) is 16.5. The molecule has 4 nitrogen and oxygen atoms in total. The van der Waals surface area contributed by atoms with Gasteiger partial charge in [-0.1, -0.05) is 84.5 Å². The third kappa shape index (κ3) is 25.6. The van der Waals surface area contributed by atoms with Crippen LogP contribution in [-0.4, -0.2) is 33.2 Å². The highest BCUT2D eigenvalue weighted by Crippen LogP contribution is 2.15. The van der Waals surface area contributed by atoms with E-state index in [0.29, 0.717) is 0 Å². The summed E-state index contributed by atoms with van der Waals surface area (Å²) in [5, 5.41) is 16.2. The van der Waals surface area contributed by atoms with Crippen molar-refractivity contribution in [3.63, 3.8) is 0 Å². The Kier molecular flexibility index (Phi) is 22.6. The topological polar surface area (TPSA) is 74.6 Å². The van der Waals surface area contributed by atoms with Gasteiger partial charge in [0.15, 0.2) is 0 Å². The third-order valence-corrected chi connectivity index (χ3v) is 5.24. The molecule has 0 fully saturated rings. The number of thioether (sulfide) groups is 1. The summed E-state index contributed by atoms with van der Waals surface area (Å²) >= 11 is 1.57. The van der Waals surface area contributed by atoms with Crippen LogP contribution in [0.2, 0.25) is 0 Å². The summed E-state index contributed by atoms with van der Waals surface area (Å²) in [5.74, 6) is -0.441. The largest absolute Gasteiger partial charge is 0.481 e. The fraction of sp³-hybridized carbons (Fsp3) is 0.900. The average Bonchev–Trinajstić information content (AvgIpc) is 2.59. The van der Waals surface area contributed by atoms with E-state index in [0.717, 1.165) is 5.75 Å². The molecule has 0 aliphatic rings. The Hall–Kier alpha value is -0.710. The van der Waals surface area contributed by atoms with E-state index in [1.54, 1.807) is 25.6 Å². The first-order valence-electron chi connectivity index (χ1n) is 10.0. The third-order valence-electron chi connectivity index (χ3n) is 4.02. The molecular weight excluding hydrogens is 336 g/mol. The normalized spacial score (nSPS) is 11.5. The molecule has 0 aliphatic heterocycles. The lowest BCUT2D eigenvalue weighted by Crippen LogP contribution is -2.11. The van der Waals surface area contributed by atoms with Crippen molar-refractivity contribution in [3.05, 3.63) is 0 Å². The second kappa shape index (κ2) is 21.3. The number of hydrogen-bond donors (Lipinski definition) is 2. The fourth-order valence-corrected chi connectivity index (χ4v) is 3.14. The Morgan fingerprint density at radius 2 is 1.12 bits per heavy atom. The Morgan fingerprint density at radius 3 is 1.44 bits per heavy atom. The summed E-state index contributed by atoms with van der Waals surface area (Å²) in [7, 11) is 0. The van der Waals surface area contributed by atoms with Crippen LogP contribution in [0, 0.1) is 0 Å². The van der Waals surface area contributed by atoms with Crippen molar-refractivity contribution in [2.45, 2.75) is 109 Å². The number of hydrogen-bond acceptors (Lipinski definition) is 3. The molecule has 150 valence electrons. The minimum absolute atomic E-state index is 0.222. The van der Waals surface area contributed by atoms with Crippen molar-refractivity contribution < 1.29 is 19.8 Å². The molecule has 1 unspecified atom stereocenters. The SMILES string of the molecule is CCC(=O)O.CCCCCCCCCCCCCCSC(C)C(=O)O. The first kappa shape index (κ1) is 26.5. The lowest BCUT2D eigenvalue weighted by molar-refractivity contribution is -0.137. The van der Waals surface area contributed by atoms with Gasteiger partial charge in [-0.2, -0.15) is 0 Å². The van der Waals surface area contributed by atoms with Crippen LogP contribution in [0.5, 0.6) is 0 Å². The van der Waals surface area contributed by atoms with Gasteiger partial charge in [0.2, 0.25) is 0 Å². The molecule has 0 spiro atoms. The van der Waals surface area contributed by atoms with E-state index in [9.17, 15) is 9.59 Å². The Labute approximate surface area is 159 Å². The van der Waals surface area contributed by atoms with Crippen molar-refractivity contribution in [2.24, 2.45) is 0 Å². The van der Waals surface area contributed by atoms with Gasteiger partial charge >= 0.3 is 11.9 Å². The number of carbonyl (C=O) groups is 2. The van der Waals surface area contributed by atoms with Crippen LogP contribution in [0.3, 0.4) is 0 Å². The maximum Gasteiger partial charge on any atom is 0.316 e. The first-order chi connectivity index (χ1) is 12.0. The van der Waals surface area contributed by atoms with Crippen LogP contribution < -0.4 is 0 Å². The maximum atomic E-state index is 10.6. The molecule has 25 heavy (non-hydrogen) atoms. The van der Waals surface area contributed by atoms with Crippen molar-refractivity contribution in [3.8, 4) is 0 Å². The van der Waals surface area contributed by atoms with Crippen LogP contribution in [0.1, 0.15) is 104 Å². The van der Waals surface area contributed by atoms with Crippen molar-refractivity contribution in [1.82, 2.24) is 0 Å². The highest BCUT2D eigenvalue weighted by Gasteiger charge is 2.09. The maximum absolute atomic E-state index is 10.6. The van der Waals surface area contributed by atoms with Gasteiger partial charge in [0, 0.05) is 6.42 Å². The molecule has 0 aromatic carbocycles. The smallest absolute Gasteiger partial charge is 0.316 e. The second-order valence-electron chi connectivity index (χ2n) is 6.49. The summed E-state index contributed by atoms with van der Waals surface area (Å²) in [6.45, 7) is 5.64. The summed E-state index contributed by atoms with van der Waals surface area (Å²) in [4.78, 5) is 20.0. The van der Waals surface area contributed by atoms with Crippen LogP contribution >= 0.6 is 11.8 Å². The molecule has 0 aliphatic carbocycles. The van der Waals surface area contributed by atoms with Gasteiger partial charge in [-0.25, -0.2) is 0 Å². The number of rotatable bonds is 16. The summed E-state index contributed by atoms with van der Waals surface area (Å²) in [5.41, 5.74) is 0. The van der Waals surface area contributed by atoms with E-state index >= 15 is 0 Å². The lowest BCUT2D eigenvalue weighted by atomic mass is 10.1. The Balaban J connectivity index is 0. The molecule has 2 N–H and O–H groups in total. The zero-order valence-corrected chi connectivity index (χ0v) is 17.4. The zero-order valence-electron chi connectivity index (χ0n) is 16.6. The molecule has 0 aromatic heterocycles. The van der Waals surface area contributed by atoms with Crippen LogP contribution in [0.4, 0.5) is 0 Å². The average molecular weight is 377 g/mol. The van der Waals surface area contributed by atoms with E-state index in [1.165, 1.54) is 77.0 Å². The molecule has 0 amide bonds. The number of carboxylic acids is 2. The van der Waals surface area contributed by atoms with Crippen molar-refractivity contribution in [1.29, 1.82) is 0 Å². The molecule has 1 atom stereocenters. The molecular formula is C20H40O4S. The van der Waals surface area contributed by atoms with E-state index in [2.05, 4.69) is 6.92 Å². The van der Waals surface area contributed by atoms with E-state index < -0.39 is 11.9 Å². The van der Waals surface area contributed by atoms with Gasteiger partial charge in [-0.15, -0.1) is 11.8 Å². The minimum Gasteiger partial charge on any atom is -0.481 e. The molecule has 0 heterocycles. The monoisotopic (exact) mass is 376 g/mol. The van der Waals surface area contributed by atoms with Gasteiger partial charge in [0.25, 0.3) is 0 Å². The summed E-state index contributed by atoms with van der Waals surface area (Å²) < 4.78 is 0. The molecule has 0 aromatic rings. The Bertz CT molecular complexity index is 308. The van der Waals surface area contributed by atoms with Gasteiger partial charge in [0.05, 0.1) is 5.25 Å². The number of unbranched alkanes of at least 4 members (excludes halogenated alkanes) is 11. The highest BCUT2D eigenvalue weighted by atomic mass is 32.2. The van der Waals surface area contributed by atoms with Gasteiger partial charge < -0.3 is 10.2 Å². The van der Waals surface area contributed by atoms with E-state index in [1.807, 2.05) is 0 Å². The predicted molar refractivity (Wildman–Crippen MR) is 109 cm³/mol. The van der Waals surface area contributed by atoms with Crippen LogP contribution in [-0.2, 0) is 9.59 Å². The number of carboxylic acid groups (broad SMARTS) is 2. The van der Waals surface area contributed by atoms with Gasteiger partial charge in [0.1, 0.15) is 0 Å². The quantitative estimate of drug-likeness (QED) is 0.306. The summed E-state index contributed by atoms with van der Waals surface area (Å²) in [6, 6.07) is 0. The van der Waals surface area contributed by atoms with Gasteiger partial charge in [-0.3, -0.25) is 9.59 Å². The van der Waals surface area contributed by atoms with E-state index in [-0.39, 0.29) is 11.7 Å². The molecule has 5 heteroatoms. The van der Waals surface area contributed by atoms with Crippen LogP contribution in [0.15, 0.2) is 0 Å². The number of aliphatic carboxylic acids is 2. The first-order valence-corrected chi connectivity index (χ1v) is 11.1. The predicted octanol–water partition coefficient (Wildman–Crippen LogP) is 6.37. The standard InChI is InChI=1S/C17H34O2S.C3H6O2/c1-3-4-5-6-7-8-9-10-11-12-13-14-15-20-16(2)17(18)19;1-2-3(4)5/h16H,3-15H2,1-2H3,(H,18,19);2H2,1H3,(H,4,5). The van der Waals surface area contributed by atoms with Gasteiger partial charge in [-0.05, 0) is 19.1 Å².